The van der Waals surface area contributed by atoms with Gasteiger partial charge in [-0.05, 0) is 234 Å². The molecule has 0 radical (unpaired) electrons. The Bertz CT molecular complexity index is 4470. The van der Waals surface area contributed by atoms with Crippen LogP contribution in [0, 0.1) is 13.1 Å². The molecule has 0 saturated carbocycles. The highest BCUT2D eigenvalue weighted by atomic mass is 31.2. The smallest absolute Gasteiger partial charge is 0.419 e. The van der Waals surface area contributed by atoms with Crippen molar-refractivity contribution in [3.8, 4) is 0 Å². The maximum absolute atomic E-state index is 12.6. The van der Waals surface area contributed by atoms with E-state index in [-0.39, 0.29) is 121 Å². The van der Waals surface area contributed by atoms with Crippen LogP contribution in [0.15, 0.2) is 97.1 Å². The first kappa shape index (κ1) is 117. The lowest BCUT2D eigenvalue weighted by Gasteiger charge is -2.44. The number of ether oxygens (including phenoxy) is 2. The molecule has 12 rings (SSSR count). The highest BCUT2D eigenvalue weighted by Gasteiger charge is 2.50. The van der Waals surface area contributed by atoms with Crippen molar-refractivity contribution < 1.29 is 93.6 Å². The molecule has 4 fully saturated rings. The van der Waals surface area contributed by atoms with Crippen molar-refractivity contribution in [3.63, 3.8) is 0 Å². The number of hydrogen-bond acceptors (Lipinski definition) is 22. The van der Waals surface area contributed by atoms with Crippen LogP contribution < -0.4 is 0 Å². The fourth-order valence-electron chi connectivity index (χ4n) is 20.5. The lowest BCUT2D eigenvalue weighted by molar-refractivity contribution is -0.842. The summed E-state index contributed by atoms with van der Waals surface area (Å²) in [5.41, 5.74) is 4.14. The molecule has 8 amide bonds. The lowest BCUT2D eigenvalue weighted by Crippen LogP contribution is -2.51. The van der Waals surface area contributed by atoms with Crippen LogP contribution in [0.1, 0.15) is 360 Å². The minimum Gasteiger partial charge on any atom is -0.461 e. The van der Waals surface area contributed by atoms with Gasteiger partial charge in [-0.3, -0.25) is 114 Å². The van der Waals surface area contributed by atoms with E-state index < -0.39 is 17.1 Å². The first-order valence-electron chi connectivity index (χ1n) is 52.8. The molecule has 142 heavy (non-hydrogen) atoms. The van der Waals surface area contributed by atoms with Gasteiger partial charge < -0.3 is 28.8 Å². The molecule has 32 heteroatoms. The zero-order chi connectivity index (χ0) is 103. The van der Waals surface area contributed by atoms with Crippen molar-refractivity contribution in [2.24, 2.45) is 0 Å². The average molecular weight is 2000 g/mol. The van der Waals surface area contributed by atoms with Crippen molar-refractivity contribution in [3.05, 3.63) is 164 Å². The summed E-state index contributed by atoms with van der Waals surface area (Å²) >= 11 is 0. The van der Waals surface area contributed by atoms with Gasteiger partial charge in [-0.2, -0.15) is 0 Å². The van der Waals surface area contributed by atoms with E-state index in [2.05, 4.69) is 126 Å². The molecular weight excluding hydrogens is 1840 g/mol. The highest BCUT2D eigenvalue weighted by molar-refractivity contribution is 7.41. The van der Waals surface area contributed by atoms with E-state index >= 15 is 0 Å². The normalized spacial score (nSPS) is 20.7. The summed E-state index contributed by atoms with van der Waals surface area (Å²) in [4.78, 5) is 168. The predicted molar refractivity (Wildman–Crippen MR) is 553 cm³/mol. The van der Waals surface area contributed by atoms with Crippen LogP contribution >= 0.6 is 17.1 Å². The zero-order valence-electron chi connectivity index (χ0n) is 87.9. The number of unbranched alkanes of at least 4 members (excludes halogenated alkanes) is 12. The van der Waals surface area contributed by atoms with Crippen LogP contribution in [0.25, 0.3) is 9.69 Å². The molecule has 0 bridgehead atoms. The number of quaternary nitrogens is 2. The minimum atomic E-state index is -1.19. The van der Waals surface area contributed by atoms with Crippen molar-refractivity contribution in [1.29, 1.82) is 0 Å². The van der Waals surface area contributed by atoms with Crippen molar-refractivity contribution in [1.82, 2.24) is 39.2 Å². The molecule has 0 aliphatic carbocycles. The third kappa shape index (κ3) is 32.1. The fraction of sp³-hybridized carbons (Fsp3) is 0.655. The van der Waals surface area contributed by atoms with Crippen LogP contribution in [0.3, 0.4) is 0 Å². The van der Waals surface area contributed by atoms with E-state index in [0.29, 0.717) is 154 Å². The van der Waals surface area contributed by atoms with E-state index in [4.69, 9.17) is 40.7 Å². The Kier molecular flexibility index (Phi) is 48.1. The SMILES string of the molecule is CC[C@@H]1C[C@@H](OC(=O)CCC(C)=O)CN1CCCCCCN1C(=O)c2ccccc2C1=O.CC[C@@H]1C[C@H](OC(=O)CCC(C)=O)CN1CCCCCCN1C(=O)c2ccccc2C1=O.[C-]#[N+]CCOP(O[C@@H]1C[C@@H](CC)N(CCCCCCN2C(=O)c3ccccc3C2=O)C1)[N+](C)(C(C)C)C(C)C.[C-]#[N+]CCOP(O[C@H]1C[C@@H](CC)N(CCCCCCN2C(=O)c3ccccc3C2=O)C1)[N+](C)(C(C)C)C(C)C. The molecule has 4 aromatic carbocycles. The van der Waals surface area contributed by atoms with Gasteiger partial charge in [-0.1, -0.05) is 128 Å². The number of amides is 8. The molecule has 8 aliphatic heterocycles. The number of Topliss-reactive ketones (excluding diaryl/α,β-unsaturated/α-hetero) is 2. The van der Waals surface area contributed by atoms with E-state index in [1.807, 2.05) is 0 Å². The predicted octanol–water partition coefficient (Wildman–Crippen LogP) is 19.5. The first-order valence-corrected chi connectivity index (χ1v) is 55.1. The van der Waals surface area contributed by atoms with Gasteiger partial charge in [0, 0.05) is 102 Å². The molecule has 0 aromatic heterocycles. The van der Waals surface area contributed by atoms with Gasteiger partial charge in [0.2, 0.25) is 13.1 Å². The molecule has 30 nitrogen and oxygen atoms in total. The van der Waals surface area contributed by atoms with E-state index in [9.17, 15) is 57.5 Å². The standard InChI is InChI=1S/2C30H48N4O4P.2C25H34N2O5/c2*1-8-25-21-26(38-39(37-20-17-31-6)34(7,23(2)3)24(4)5)22-32(25)18-13-9-10-14-19-33-29(35)27-15-11-12-16-28(27)30(33)36;2*1-3-19-16-20(32-23(29)13-12-18(2)28)17-26(19)14-8-4-5-9-15-27-24(30)21-10-6-7-11-22(21)25(27)31/h2*11-12,15-16,23-26H,8-10,13-14,17-22H2,1-5,7H3;2*6-7,10-11,19-20H,3-5,8-9,12-17H2,1-2H3/q2*+1;;/t25-,26+,39?;25-,26-,39?;19-,20+;19-,20-/m1111/s1. The Labute approximate surface area is 848 Å². The molecular formula is C110H164N12O18P2+2. The fourth-order valence-corrected chi connectivity index (χ4v) is 24.3. The molecule has 2 unspecified atom stereocenters. The number of nitrogens with zero attached hydrogens (tertiary/aromatic N) is 12. The monoisotopic (exact) mass is 2000 g/mol. The maximum Gasteiger partial charge on any atom is 0.419 e. The molecule has 0 spiro atoms. The minimum absolute atomic E-state index is 0.00411. The van der Waals surface area contributed by atoms with Crippen molar-refractivity contribution in [2.45, 2.75) is 349 Å². The summed E-state index contributed by atoms with van der Waals surface area (Å²) < 4.78 is 38.6. The summed E-state index contributed by atoms with van der Waals surface area (Å²) in [5, 5.41) is 0. The Hall–Kier alpha value is -8.84. The van der Waals surface area contributed by atoms with Gasteiger partial charge >= 0.3 is 29.0 Å². The van der Waals surface area contributed by atoms with Crippen LogP contribution in [0.4, 0.5) is 0 Å². The number of hydrogen-bond donors (Lipinski definition) is 0. The summed E-state index contributed by atoms with van der Waals surface area (Å²) in [6.07, 6.45) is 24.5. The number of carbonyl (C=O) groups is 12. The van der Waals surface area contributed by atoms with Gasteiger partial charge in [0.25, 0.3) is 47.3 Å². The first-order chi connectivity index (χ1) is 68.1. The average Bonchev–Trinajstić information content (AvgIpc) is 1.67. The van der Waals surface area contributed by atoms with Crippen LogP contribution in [0.5, 0.6) is 0 Å². The second-order valence-corrected chi connectivity index (χ2v) is 44.2. The summed E-state index contributed by atoms with van der Waals surface area (Å²) in [7, 11) is 2.07. The number of ketones is 2. The number of imide groups is 4. The van der Waals surface area contributed by atoms with E-state index in [1.54, 1.807) is 97.1 Å². The van der Waals surface area contributed by atoms with Gasteiger partial charge in [-0.25, -0.2) is 13.1 Å². The quantitative estimate of drug-likeness (QED) is 0.0130. The number of carbonyl (C=O) groups excluding carboxylic acids is 12. The van der Waals surface area contributed by atoms with Gasteiger partial charge in [0.05, 0.1) is 108 Å². The van der Waals surface area contributed by atoms with Gasteiger partial charge in [-0.15, -0.1) is 0 Å². The molecule has 0 N–H and O–H groups in total. The summed E-state index contributed by atoms with van der Waals surface area (Å²) in [6, 6.07) is 31.4. The third-order valence-electron chi connectivity index (χ3n) is 29.8. The van der Waals surface area contributed by atoms with Crippen LogP contribution in [0.2, 0.25) is 0 Å². The maximum atomic E-state index is 12.6. The molecule has 4 saturated heterocycles. The summed E-state index contributed by atoms with van der Waals surface area (Å²) in [5.74, 6) is -1.93. The number of rotatable bonds is 56. The van der Waals surface area contributed by atoms with Crippen molar-refractivity contribution >= 4 is 87.8 Å². The molecule has 8 aliphatic rings. The topological polar surface area (TPSA) is 295 Å². The Morgan fingerprint density at radius 3 is 0.732 bits per heavy atom. The number of fused-ring (bicyclic) bond motifs is 4. The molecule has 4 aromatic rings. The van der Waals surface area contributed by atoms with Gasteiger partial charge in [0.15, 0.2) is 0 Å². The number of benzene rings is 4. The van der Waals surface area contributed by atoms with E-state index in [1.165, 1.54) is 33.4 Å². The largest absolute Gasteiger partial charge is 0.461 e. The van der Waals surface area contributed by atoms with Gasteiger partial charge in [0.1, 0.15) is 37.0 Å². The lowest BCUT2D eigenvalue weighted by atomic mass is 10.1. The van der Waals surface area contributed by atoms with Crippen molar-refractivity contribution in [2.75, 3.05) is 119 Å². The second-order valence-electron chi connectivity index (χ2n) is 40.6. The van der Waals surface area contributed by atoms with E-state index in [0.717, 1.165) is 206 Å². The highest BCUT2D eigenvalue weighted by Crippen LogP contribution is 2.56. The number of likely N-dealkylation sites (tertiary alicyclic amines) is 4. The third-order valence-corrected chi connectivity index (χ3v) is 34.8. The van der Waals surface area contributed by atoms with Crippen LogP contribution in [-0.2, 0) is 46.7 Å². The number of esters is 2. The molecule has 8 heterocycles. The van der Waals surface area contributed by atoms with Crippen LogP contribution in [-0.4, -0.2) is 310 Å². The Morgan fingerprint density at radius 2 is 0.535 bits per heavy atom. The second kappa shape index (κ2) is 58.5. The Morgan fingerprint density at radius 1 is 0.331 bits per heavy atom. The zero-order valence-corrected chi connectivity index (χ0v) is 89.7. The molecule has 10 atom stereocenters. The summed E-state index contributed by atoms with van der Waals surface area (Å²) in [6.45, 7) is 54.6. The molecule has 780 valence electrons. The Balaban J connectivity index is 0.000000212.